The van der Waals surface area contributed by atoms with Crippen molar-refractivity contribution in [3.05, 3.63) is 108 Å². The Morgan fingerprint density at radius 1 is 0.861 bits per heavy atom. The number of aromatic nitrogens is 2. The number of anilines is 1. The van der Waals surface area contributed by atoms with Gasteiger partial charge in [0.25, 0.3) is 0 Å². The summed E-state index contributed by atoms with van der Waals surface area (Å²) in [6.45, 7) is 2.15. The molecule has 3 heterocycles. The molecule has 1 aliphatic heterocycles. The van der Waals surface area contributed by atoms with Gasteiger partial charge in [-0.25, -0.2) is 0 Å². The molecule has 4 aromatic rings. The van der Waals surface area contributed by atoms with Crippen molar-refractivity contribution in [1.82, 2.24) is 14.9 Å². The van der Waals surface area contributed by atoms with E-state index in [4.69, 9.17) is 21.9 Å². The van der Waals surface area contributed by atoms with E-state index >= 15 is 0 Å². The number of nitrogens with zero attached hydrogens (tertiary/aromatic N) is 3. The molecule has 1 N–H and O–H groups in total. The van der Waals surface area contributed by atoms with E-state index in [0.29, 0.717) is 11.2 Å². The maximum atomic E-state index is 6.22. The molecule has 6 rings (SSSR count). The lowest BCUT2D eigenvalue weighted by Gasteiger charge is -2.29. The number of hydrogen-bond donors (Lipinski definition) is 1. The van der Waals surface area contributed by atoms with Crippen LogP contribution in [0.1, 0.15) is 54.8 Å². The molecule has 0 amide bonds. The van der Waals surface area contributed by atoms with Crippen LogP contribution < -0.4 is 15.0 Å². The van der Waals surface area contributed by atoms with Gasteiger partial charge in [0.2, 0.25) is 0 Å². The van der Waals surface area contributed by atoms with E-state index in [1.54, 1.807) is 0 Å². The topological polar surface area (TPSA) is 42.3 Å². The molecule has 0 unspecified atom stereocenters. The highest BCUT2D eigenvalue weighted by Gasteiger charge is 2.42. The van der Waals surface area contributed by atoms with Crippen LogP contribution in [0.2, 0.25) is 0 Å². The second kappa shape index (κ2) is 9.78. The summed E-state index contributed by atoms with van der Waals surface area (Å²) in [6.07, 6.45) is 6.98. The van der Waals surface area contributed by atoms with E-state index in [1.165, 1.54) is 18.5 Å². The molecule has 2 aromatic carbocycles. The van der Waals surface area contributed by atoms with Gasteiger partial charge in [-0.05, 0) is 105 Å². The fraction of sp³-hybridized carbons (Fsp3) is 0.267. The molecule has 2 atom stereocenters. The second-order valence-electron chi connectivity index (χ2n) is 9.59. The predicted molar refractivity (Wildman–Crippen MR) is 148 cm³/mol. The smallest absolute Gasteiger partial charge is 0.174 e. The molecular formula is C30H30N4OS. The molecule has 1 aliphatic carbocycles. The Hall–Kier alpha value is -3.64. The molecule has 5 nitrogen and oxygen atoms in total. The third-order valence-electron chi connectivity index (χ3n) is 7.24. The summed E-state index contributed by atoms with van der Waals surface area (Å²) in [4.78, 5) is 6.93. The van der Waals surface area contributed by atoms with Crippen LogP contribution in [0.5, 0.6) is 5.75 Å². The summed E-state index contributed by atoms with van der Waals surface area (Å²) < 4.78 is 8.54. The number of hydrogen-bond acceptors (Lipinski definition) is 3. The first-order valence-corrected chi connectivity index (χ1v) is 13.1. The van der Waals surface area contributed by atoms with E-state index < -0.39 is 0 Å². The lowest BCUT2D eigenvalue weighted by molar-refractivity contribution is 0.210. The minimum absolute atomic E-state index is 0.0806. The minimum atomic E-state index is -0.0927. The average Bonchev–Trinajstić information content (AvgIpc) is 3.64. The Balaban J connectivity index is 1.41. The summed E-state index contributed by atoms with van der Waals surface area (Å²) in [5.74, 6) is 0.921. The van der Waals surface area contributed by atoms with Gasteiger partial charge in [-0.2, -0.15) is 0 Å². The normalized spacial score (nSPS) is 20.0. The van der Waals surface area contributed by atoms with Crippen LogP contribution in [0.25, 0.3) is 5.69 Å². The highest BCUT2D eigenvalue weighted by molar-refractivity contribution is 7.80. The first-order valence-electron chi connectivity index (χ1n) is 12.7. The van der Waals surface area contributed by atoms with Gasteiger partial charge in [0.15, 0.2) is 5.11 Å². The summed E-state index contributed by atoms with van der Waals surface area (Å²) in [5, 5.41) is 4.27. The first-order chi connectivity index (χ1) is 17.7. The minimum Gasteiger partial charge on any atom is -0.490 e. The van der Waals surface area contributed by atoms with E-state index in [1.807, 2.05) is 24.4 Å². The van der Waals surface area contributed by atoms with Gasteiger partial charge >= 0.3 is 0 Å². The summed E-state index contributed by atoms with van der Waals surface area (Å²) in [7, 11) is 0. The van der Waals surface area contributed by atoms with Crippen LogP contribution >= 0.6 is 12.2 Å². The van der Waals surface area contributed by atoms with Gasteiger partial charge in [0, 0.05) is 29.0 Å². The zero-order chi connectivity index (χ0) is 24.5. The van der Waals surface area contributed by atoms with Crippen molar-refractivity contribution in [3.8, 4) is 11.4 Å². The molecule has 2 fully saturated rings. The van der Waals surface area contributed by atoms with Crippen LogP contribution in [0.15, 0.2) is 91.1 Å². The van der Waals surface area contributed by atoms with Crippen molar-refractivity contribution < 1.29 is 4.74 Å². The Labute approximate surface area is 217 Å². The number of rotatable bonds is 6. The van der Waals surface area contributed by atoms with E-state index in [2.05, 4.69) is 88.4 Å². The largest absolute Gasteiger partial charge is 0.490 e. The molecule has 6 heteroatoms. The Kier molecular flexibility index (Phi) is 6.20. The van der Waals surface area contributed by atoms with E-state index in [9.17, 15) is 0 Å². The molecule has 2 aliphatic rings. The van der Waals surface area contributed by atoms with Gasteiger partial charge in [-0.15, -0.1) is 0 Å². The molecule has 0 spiro atoms. The van der Waals surface area contributed by atoms with Crippen molar-refractivity contribution in [2.45, 2.75) is 50.8 Å². The molecule has 0 radical (unpaired) electrons. The lowest BCUT2D eigenvalue weighted by Crippen LogP contribution is -2.30. The van der Waals surface area contributed by atoms with Crippen molar-refractivity contribution in [3.63, 3.8) is 0 Å². The summed E-state index contributed by atoms with van der Waals surface area (Å²) in [5.41, 5.74) is 5.47. The number of aryl methyl sites for hydroxylation is 1. The molecule has 1 saturated heterocycles. The molecule has 0 bridgehead atoms. The van der Waals surface area contributed by atoms with Crippen molar-refractivity contribution in [2.24, 2.45) is 0 Å². The zero-order valence-electron chi connectivity index (χ0n) is 20.4. The van der Waals surface area contributed by atoms with Gasteiger partial charge in [-0.1, -0.05) is 24.3 Å². The number of thiocarbonyl (C=S) groups is 1. The molecule has 36 heavy (non-hydrogen) atoms. The van der Waals surface area contributed by atoms with E-state index in [0.717, 1.165) is 41.4 Å². The van der Waals surface area contributed by atoms with Gasteiger partial charge in [0.1, 0.15) is 11.8 Å². The fourth-order valence-corrected chi connectivity index (χ4v) is 5.88. The number of para-hydroxylation sites is 1. The molecule has 1 saturated carbocycles. The van der Waals surface area contributed by atoms with Crippen LogP contribution in [-0.2, 0) is 0 Å². The van der Waals surface area contributed by atoms with Crippen LogP contribution in [0.3, 0.4) is 0 Å². The molecule has 2 aromatic heterocycles. The summed E-state index contributed by atoms with van der Waals surface area (Å²) in [6, 6.07) is 29.1. The standard InChI is InChI=1S/C30H30N4OS/c1-21-14-19-27(33(21)22-9-3-2-4-10-22)29-28(26-13-7-8-20-31-26)32-30(36)34(29)23-15-17-25(18-16-23)35-24-11-5-6-12-24/h2-4,7-10,13-20,24,28-29H,5-6,11-12H2,1H3,(H,32,36)/t28-,29+/m0/s1. The number of ether oxygens (including phenoxy) is 1. The third kappa shape index (κ3) is 4.26. The van der Waals surface area contributed by atoms with Gasteiger partial charge in [0.05, 0.1) is 17.8 Å². The molecular weight excluding hydrogens is 464 g/mol. The Morgan fingerprint density at radius 3 is 2.33 bits per heavy atom. The van der Waals surface area contributed by atoms with Crippen molar-refractivity contribution in [1.29, 1.82) is 0 Å². The van der Waals surface area contributed by atoms with Gasteiger partial charge in [-0.3, -0.25) is 4.98 Å². The van der Waals surface area contributed by atoms with Crippen LogP contribution in [-0.4, -0.2) is 20.8 Å². The zero-order valence-corrected chi connectivity index (χ0v) is 21.2. The Bertz CT molecular complexity index is 1330. The van der Waals surface area contributed by atoms with E-state index in [-0.39, 0.29) is 12.1 Å². The van der Waals surface area contributed by atoms with Crippen molar-refractivity contribution in [2.75, 3.05) is 4.90 Å². The number of benzene rings is 2. The van der Waals surface area contributed by atoms with Crippen molar-refractivity contribution >= 4 is 23.0 Å². The Morgan fingerprint density at radius 2 is 1.61 bits per heavy atom. The third-order valence-corrected chi connectivity index (χ3v) is 7.56. The number of pyridine rings is 1. The lowest BCUT2D eigenvalue weighted by atomic mass is 10.0. The fourth-order valence-electron chi connectivity index (χ4n) is 5.54. The highest BCUT2D eigenvalue weighted by atomic mass is 32.1. The second-order valence-corrected chi connectivity index (χ2v) is 9.97. The SMILES string of the molecule is Cc1ccc([C@@H]2[C@H](c3ccccn3)NC(=S)N2c2ccc(OC3CCCC3)cc2)n1-c1ccccc1. The number of nitrogens with one attached hydrogen (secondary N) is 1. The predicted octanol–water partition coefficient (Wildman–Crippen LogP) is 6.68. The average molecular weight is 495 g/mol. The first kappa shape index (κ1) is 22.8. The maximum Gasteiger partial charge on any atom is 0.174 e. The summed E-state index contributed by atoms with van der Waals surface area (Å²) >= 11 is 5.94. The van der Waals surface area contributed by atoms with Crippen LogP contribution in [0.4, 0.5) is 5.69 Å². The van der Waals surface area contributed by atoms with Gasteiger partial charge < -0.3 is 19.5 Å². The monoisotopic (exact) mass is 494 g/mol. The van der Waals surface area contributed by atoms with Crippen LogP contribution in [0, 0.1) is 6.92 Å². The molecule has 182 valence electrons. The maximum absolute atomic E-state index is 6.22. The highest BCUT2D eigenvalue weighted by Crippen LogP contribution is 2.43. The quantitative estimate of drug-likeness (QED) is 0.303.